The first-order chi connectivity index (χ1) is 12.3. The summed E-state index contributed by atoms with van der Waals surface area (Å²) in [6.45, 7) is 1.95. The van der Waals surface area contributed by atoms with Crippen molar-refractivity contribution in [3.63, 3.8) is 0 Å². The molecular formula is C21H18N4. The maximum absolute atomic E-state index is 4.23. The molecule has 1 N–H and O–H groups in total. The van der Waals surface area contributed by atoms with Crippen LogP contribution in [-0.2, 0) is 6.42 Å². The maximum atomic E-state index is 4.23. The second-order valence-electron chi connectivity index (χ2n) is 6.06. The lowest BCUT2D eigenvalue weighted by atomic mass is 9.99. The Hall–Kier alpha value is -3.27. The van der Waals surface area contributed by atoms with E-state index < -0.39 is 0 Å². The molecule has 0 saturated heterocycles. The van der Waals surface area contributed by atoms with Crippen molar-refractivity contribution >= 4 is 22.3 Å². The number of aryl methyl sites for hydroxylation is 1. The molecule has 4 nitrogen and oxygen atoms in total. The smallest absolute Gasteiger partial charge is 0.133 e. The number of nitrogens with zero attached hydrogens (tertiary/aromatic N) is 3. The van der Waals surface area contributed by atoms with E-state index in [-0.39, 0.29) is 0 Å². The molecule has 122 valence electrons. The lowest BCUT2D eigenvalue weighted by Crippen LogP contribution is -1.96. The number of rotatable bonds is 4. The van der Waals surface area contributed by atoms with Gasteiger partial charge in [0.1, 0.15) is 12.1 Å². The lowest BCUT2D eigenvalue weighted by Gasteiger charge is -2.09. The summed E-state index contributed by atoms with van der Waals surface area (Å²) in [4.78, 5) is 12.5. The number of benzene rings is 2. The van der Waals surface area contributed by atoms with Crippen LogP contribution in [0.3, 0.4) is 0 Å². The van der Waals surface area contributed by atoms with Crippen LogP contribution in [-0.4, -0.2) is 15.0 Å². The maximum Gasteiger partial charge on any atom is 0.133 e. The number of nitrogens with one attached hydrogen (secondary N) is 1. The van der Waals surface area contributed by atoms with E-state index in [9.17, 15) is 0 Å². The van der Waals surface area contributed by atoms with Gasteiger partial charge in [0.15, 0.2) is 0 Å². The van der Waals surface area contributed by atoms with Gasteiger partial charge >= 0.3 is 0 Å². The lowest BCUT2D eigenvalue weighted by molar-refractivity contribution is 1.10. The van der Waals surface area contributed by atoms with Gasteiger partial charge in [0.05, 0.1) is 0 Å². The van der Waals surface area contributed by atoms with E-state index in [1.165, 1.54) is 21.9 Å². The molecular weight excluding hydrogens is 308 g/mol. The van der Waals surface area contributed by atoms with Crippen LogP contribution in [0.15, 0.2) is 73.3 Å². The Bertz CT molecular complexity index is 1000. The summed E-state index contributed by atoms with van der Waals surface area (Å²) in [6.07, 6.45) is 6.23. The zero-order valence-corrected chi connectivity index (χ0v) is 14.0. The fourth-order valence-electron chi connectivity index (χ4n) is 2.94. The fourth-order valence-corrected chi connectivity index (χ4v) is 2.94. The Morgan fingerprint density at radius 1 is 0.960 bits per heavy atom. The van der Waals surface area contributed by atoms with E-state index in [1.54, 1.807) is 6.33 Å². The second-order valence-corrected chi connectivity index (χ2v) is 6.06. The topological polar surface area (TPSA) is 50.7 Å². The van der Waals surface area contributed by atoms with E-state index in [1.807, 2.05) is 25.4 Å². The van der Waals surface area contributed by atoms with E-state index in [0.29, 0.717) is 0 Å². The van der Waals surface area contributed by atoms with Gasteiger partial charge in [-0.3, -0.25) is 4.98 Å². The molecule has 0 fully saturated rings. The number of aromatic nitrogens is 3. The first kappa shape index (κ1) is 15.3. The number of anilines is 2. The number of fused-ring (bicyclic) bond motifs is 1. The molecule has 2 heterocycles. The molecule has 4 heteroatoms. The summed E-state index contributed by atoms with van der Waals surface area (Å²) in [5.41, 5.74) is 4.55. The zero-order chi connectivity index (χ0) is 17.1. The third-order valence-corrected chi connectivity index (χ3v) is 4.20. The average molecular weight is 326 g/mol. The molecule has 4 rings (SSSR count). The molecule has 2 aromatic heterocycles. The minimum atomic E-state index is 0.807. The molecule has 0 saturated carbocycles. The number of hydrogen-bond acceptors (Lipinski definition) is 4. The van der Waals surface area contributed by atoms with Crippen molar-refractivity contribution in [3.05, 3.63) is 90.1 Å². The molecule has 25 heavy (non-hydrogen) atoms. The zero-order valence-electron chi connectivity index (χ0n) is 14.0. The Balaban J connectivity index is 1.54. The Morgan fingerprint density at radius 3 is 2.68 bits per heavy atom. The van der Waals surface area contributed by atoms with Gasteiger partial charge in [0, 0.05) is 35.2 Å². The Kier molecular flexibility index (Phi) is 4.09. The standard InChI is InChI=1S/C21H18N4/c1-15-11-21(24-14-23-15)25-19-7-5-16(6-8-19)12-17-3-2-4-18-13-22-10-9-20(17)18/h2-11,13-14H,12H2,1H3,(H,23,24,25). The van der Waals surface area contributed by atoms with Crippen molar-refractivity contribution in [1.29, 1.82) is 0 Å². The van der Waals surface area contributed by atoms with E-state index >= 15 is 0 Å². The first-order valence-corrected chi connectivity index (χ1v) is 8.24. The van der Waals surface area contributed by atoms with Gasteiger partial charge in [-0.2, -0.15) is 0 Å². The third-order valence-electron chi connectivity index (χ3n) is 4.20. The van der Waals surface area contributed by atoms with Gasteiger partial charge in [-0.15, -0.1) is 0 Å². The van der Waals surface area contributed by atoms with Crippen molar-refractivity contribution in [3.8, 4) is 0 Å². The van der Waals surface area contributed by atoms with Crippen LogP contribution in [0.4, 0.5) is 11.5 Å². The molecule has 0 aliphatic rings. The first-order valence-electron chi connectivity index (χ1n) is 8.24. The van der Waals surface area contributed by atoms with Crippen molar-refractivity contribution in [2.24, 2.45) is 0 Å². The van der Waals surface area contributed by atoms with E-state index in [4.69, 9.17) is 0 Å². The van der Waals surface area contributed by atoms with Gasteiger partial charge < -0.3 is 5.32 Å². The van der Waals surface area contributed by atoms with Gasteiger partial charge in [-0.05, 0) is 48.1 Å². The molecule has 0 amide bonds. The van der Waals surface area contributed by atoms with Gasteiger partial charge in [0.2, 0.25) is 0 Å². The number of pyridine rings is 1. The molecule has 0 unspecified atom stereocenters. The third kappa shape index (κ3) is 3.48. The van der Waals surface area contributed by atoms with Crippen molar-refractivity contribution < 1.29 is 0 Å². The molecule has 0 aliphatic carbocycles. The molecule has 0 atom stereocenters. The van der Waals surface area contributed by atoms with Crippen molar-refractivity contribution in [1.82, 2.24) is 15.0 Å². The molecule has 4 aromatic rings. The van der Waals surface area contributed by atoms with Crippen LogP contribution in [0, 0.1) is 6.92 Å². The highest BCUT2D eigenvalue weighted by Gasteiger charge is 2.03. The van der Waals surface area contributed by atoms with E-state index in [0.717, 1.165) is 23.6 Å². The second kappa shape index (κ2) is 6.69. The Labute approximate surface area is 146 Å². The molecule has 2 aromatic carbocycles. The van der Waals surface area contributed by atoms with Crippen LogP contribution < -0.4 is 5.32 Å². The monoisotopic (exact) mass is 326 g/mol. The normalized spacial score (nSPS) is 10.8. The fraction of sp³-hybridized carbons (Fsp3) is 0.0952. The van der Waals surface area contributed by atoms with Crippen LogP contribution in [0.5, 0.6) is 0 Å². The highest BCUT2D eigenvalue weighted by molar-refractivity contribution is 5.85. The summed E-state index contributed by atoms with van der Waals surface area (Å²) in [5.74, 6) is 0.807. The van der Waals surface area contributed by atoms with Crippen LogP contribution in [0.2, 0.25) is 0 Å². The van der Waals surface area contributed by atoms with E-state index in [2.05, 4.69) is 68.8 Å². The summed E-state index contributed by atoms with van der Waals surface area (Å²) >= 11 is 0. The molecule has 0 spiro atoms. The minimum absolute atomic E-state index is 0.807. The van der Waals surface area contributed by atoms with Gasteiger partial charge in [-0.1, -0.05) is 30.3 Å². The molecule has 0 radical (unpaired) electrons. The largest absolute Gasteiger partial charge is 0.340 e. The predicted octanol–water partition coefficient (Wildman–Crippen LogP) is 4.67. The summed E-state index contributed by atoms with van der Waals surface area (Å²) < 4.78 is 0. The summed E-state index contributed by atoms with van der Waals surface area (Å²) in [5, 5.41) is 5.74. The van der Waals surface area contributed by atoms with Crippen LogP contribution >= 0.6 is 0 Å². The summed E-state index contributed by atoms with van der Waals surface area (Å²) in [6, 6.07) is 18.8. The number of hydrogen-bond donors (Lipinski definition) is 1. The molecule has 0 bridgehead atoms. The quantitative estimate of drug-likeness (QED) is 0.592. The van der Waals surface area contributed by atoms with Crippen molar-refractivity contribution in [2.75, 3.05) is 5.32 Å². The predicted molar refractivity (Wildman–Crippen MR) is 101 cm³/mol. The summed E-state index contributed by atoms with van der Waals surface area (Å²) in [7, 11) is 0. The minimum Gasteiger partial charge on any atom is -0.340 e. The van der Waals surface area contributed by atoms with Gasteiger partial charge in [0.25, 0.3) is 0 Å². The molecule has 0 aliphatic heterocycles. The van der Waals surface area contributed by atoms with Crippen LogP contribution in [0.1, 0.15) is 16.8 Å². The van der Waals surface area contributed by atoms with Gasteiger partial charge in [-0.25, -0.2) is 9.97 Å². The van der Waals surface area contributed by atoms with Crippen LogP contribution in [0.25, 0.3) is 10.8 Å². The van der Waals surface area contributed by atoms with Crippen molar-refractivity contribution in [2.45, 2.75) is 13.3 Å². The average Bonchev–Trinajstić information content (AvgIpc) is 2.64. The SMILES string of the molecule is Cc1cc(Nc2ccc(Cc3cccc4cnccc34)cc2)ncn1. The highest BCUT2D eigenvalue weighted by atomic mass is 15.0. The Morgan fingerprint density at radius 2 is 1.84 bits per heavy atom. The highest BCUT2D eigenvalue weighted by Crippen LogP contribution is 2.22.